The second kappa shape index (κ2) is 20.1. The maximum absolute atomic E-state index is 11.4. The van der Waals surface area contributed by atoms with E-state index in [1.165, 1.54) is 19.3 Å². The lowest BCUT2D eigenvalue weighted by atomic mass is 10.0. The molecule has 0 bridgehead atoms. The van der Waals surface area contributed by atoms with Gasteiger partial charge >= 0.3 is 5.97 Å². The zero-order chi connectivity index (χ0) is 20.2. The number of hydrogen-bond donors (Lipinski definition) is 4. The Labute approximate surface area is 164 Å². The summed E-state index contributed by atoms with van der Waals surface area (Å²) in [5.41, 5.74) is 0. The molecule has 0 radical (unpaired) electrons. The molecule has 0 aliphatic rings. The highest BCUT2D eigenvalue weighted by Gasteiger charge is 2.07. The van der Waals surface area contributed by atoms with Crippen molar-refractivity contribution in [1.82, 2.24) is 0 Å². The molecule has 6 nitrogen and oxygen atoms in total. The average Bonchev–Trinajstić information content (AvgIpc) is 2.67. The van der Waals surface area contributed by atoms with E-state index in [-0.39, 0.29) is 18.7 Å². The Bertz CT molecular complexity index is 324. The number of carbonyl (C=O) groups is 1. The Kier molecular flexibility index (Phi) is 19.5. The molecule has 0 fully saturated rings. The largest absolute Gasteiger partial charge is 0.463 e. The molecule has 0 aliphatic heterocycles. The molecule has 0 heterocycles. The summed E-state index contributed by atoms with van der Waals surface area (Å²) in [5, 5.41) is 36.4. The molecule has 2 unspecified atom stereocenters. The molecule has 27 heavy (non-hydrogen) atoms. The summed E-state index contributed by atoms with van der Waals surface area (Å²) in [7, 11) is 0. The third-order valence-corrected chi connectivity index (χ3v) is 4.76. The average molecular weight is 391 g/mol. The highest BCUT2D eigenvalue weighted by atomic mass is 16.5. The molecule has 6 heteroatoms. The van der Waals surface area contributed by atoms with Crippen LogP contribution in [0, 0.1) is 0 Å². The van der Waals surface area contributed by atoms with Gasteiger partial charge in [0, 0.05) is 13.0 Å². The molecule has 0 rings (SSSR count). The van der Waals surface area contributed by atoms with E-state index < -0.39 is 12.7 Å². The lowest BCUT2D eigenvalue weighted by Gasteiger charge is -2.10. The van der Waals surface area contributed by atoms with Gasteiger partial charge in [0.25, 0.3) is 0 Å². The Hall–Kier alpha value is -0.690. The molecule has 0 spiro atoms. The zero-order valence-electron chi connectivity index (χ0n) is 17.0. The molecule has 0 amide bonds. The number of unbranched alkanes of at least 4 members (excludes halogenated alkanes) is 10. The van der Waals surface area contributed by atoms with Gasteiger partial charge in [0.2, 0.25) is 0 Å². The number of hydrogen-bond acceptors (Lipinski definition) is 6. The maximum atomic E-state index is 11.4. The number of carbonyl (C=O) groups excluding carboxylic acids is 1. The van der Waals surface area contributed by atoms with Crippen LogP contribution in [0.2, 0.25) is 0 Å². The van der Waals surface area contributed by atoms with E-state index >= 15 is 0 Å². The van der Waals surface area contributed by atoms with Crippen LogP contribution in [0.5, 0.6) is 0 Å². The highest BCUT2D eigenvalue weighted by Crippen LogP contribution is 2.14. The first kappa shape index (κ1) is 26.3. The summed E-state index contributed by atoms with van der Waals surface area (Å²) in [6.07, 6.45) is 13.8. The summed E-state index contributed by atoms with van der Waals surface area (Å²) in [4.78, 5) is 11.4. The SMILES string of the molecule is O=C(CCCCCCCCC(O)CCCCCCCCO)OCC(O)CO. The van der Waals surface area contributed by atoms with Crippen LogP contribution < -0.4 is 0 Å². The van der Waals surface area contributed by atoms with E-state index in [2.05, 4.69) is 0 Å². The van der Waals surface area contributed by atoms with E-state index in [1.807, 2.05) is 0 Å². The van der Waals surface area contributed by atoms with Crippen molar-refractivity contribution in [2.75, 3.05) is 19.8 Å². The van der Waals surface area contributed by atoms with Crippen LogP contribution in [-0.4, -0.2) is 58.4 Å². The van der Waals surface area contributed by atoms with Crippen molar-refractivity contribution >= 4 is 5.97 Å². The lowest BCUT2D eigenvalue weighted by molar-refractivity contribution is -0.147. The molecular formula is C21H42O6. The van der Waals surface area contributed by atoms with Gasteiger partial charge in [-0.2, -0.15) is 0 Å². The van der Waals surface area contributed by atoms with Crippen LogP contribution in [0.25, 0.3) is 0 Å². The first-order valence-corrected chi connectivity index (χ1v) is 10.8. The van der Waals surface area contributed by atoms with E-state index in [9.17, 15) is 9.90 Å². The van der Waals surface area contributed by atoms with Crippen LogP contribution in [0.4, 0.5) is 0 Å². The Morgan fingerprint density at radius 3 is 1.67 bits per heavy atom. The number of ether oxygens (including phenoxy) is 1. The van der Waals surface area contributed by atoms with Crippen LogP contribution >= 0.6 is 0 Å². The van der Waals surface area contributed by atoms with Crippen molar-refractivity contribution in [1.29, 1.82) is 0 Å². The van der Waals surface area contributed by atoms with E-state index in [0.29, 0.717) is 13.0 Å². The third-order valence-electron chi connectivity index (χ3n) is 4.76. The minimum Gasteiger partial charge on any atom is -0.463 e. The smallest absolute Gasteiger partial charge is 0.305 e. The van der Waals surface area contributed by atoms with E-state index in [1.54, 1.807) is 0 Å². The minimum atomic E-state index is -0.985. The molecular weight excluding hydrogens is 348 g/mol. The topological polar surface area (TPSA) is 107 Å². The van der Waals surface area contributed by atoms with Gasteiger partial charge in [-0.15, -0.1) is 0 Å². The second-order valence-corrected chi connectivity index (χ2v) is 7.47. The molecule has 0 aliphatic carbocycles. The van der Waals surface area contributed by atoms with Gasteiger partial charge in [-0.1, -0.05) is 64.2 Å². The zero-order valence-corrected chi connectivity index (χ0v) is 17.0. The molecule has 0 aromatic heterocycles. The predicted molar refractivity (Wildman–Crippen MR) is 106 cm³/mol. The minimum absolute atomic E-state index is 0.138. The van der Waals surface area contributed by atoms with Gasteiger partial charge in [0.15, 0.2) is 0 Å². The predicted octanol–water partition coefficient (Wildman–Crippen LogP) is 3.09. The molecule has 0 aromatic carbocycles. The van der Waals surface area contributed by atoms with Crippen molar-refractivity contribution < 1.29 is 30.0 Å². The van der Waals surface area contributed by atoms with Crippen molar-refractivity contribution in [2.24, 2.45) is 0 Å². The lowest BCUT2D eigenvalue weighted by Crippen LogP contribution is -2.21. The van der Waals surface area contributed by atoms with Crippen molar-refractivity contribution in [3.63, 3.8) is 0 Å². The third kappa shape index (κ3) is 19.9. The monoisotopic (exact) mass is 390 g/mol. The number of esters is 1. The molecule has 0 saturated carbocycles. The van der Waals surface area contributed by atoms with E-state index in [4.69, 9.17) is 20.1 Å². The fraction of sp³-hybridized carbons (Fsp3) is 0.952. The Morgan fingerprint density at radius 1 is 0.667 bits per heavy atom. The van der Waals surface area contributed by atoms with Crippen LogP contribution in [0.15, 0.2) is 0 Å². The summed E-state index contributed by atoms with van der Waals surface area (Å²) in [6, 6.07) is 0. The molecule has 4 N–H and O–H groups in total. The number of rotatable bonds is 20. The number of aliphatic hydroxyl groups excluding tert-OH is 4. The van der Waals surface area contributed by atoms with Gasteiger partial charge in [0.05, 0.1) is 12.7 Å². The van der Waals surface area contributed by atoms with Gasteiger partial charge in [-0.3, -0.25) is 4.79 Å². The van der Waals surface area contributed by atoms with Crippen molar-refractivity contribution in [3.05, 3.63) is 0 Å². The van der Waals surface area contributed by atoms with Gasteiger partial charge in [0.1, 0.15) is 12.7 Å². The molecule has 162 valence electrons. The van der Waals surface area contributed by atoms with E-state index in [0.717, 1.165) is 70.6 Å². The molecule has 0 aromatic rings. The standard InChI is InChI=1S/C21H42O6/c22-16-12-8-4-3-6-10-14-19(24)13-9-5-1-2-7-11-15-21(26)27-18-20(25)17-23/h19-20,22-25H,1-18H2. The quantitative estimate of drug-likeness (QED) is 0.188. The fourth-order valence-corrected chi connectivity index (χ4v) is 3.01. The summed E-state index contributed by atoms with van der Waals surface area (Å²) in [6.45, 7) is -0.240. The summed E-state index contributed by atoms with van der Waals surface area (Å²) >= 11 is 0. The highest BCUT2D eigenvalue weighted by molar-refractivity contribution is 5.69. The van der Waals surface area contributed by atoms with Gasteiger partial charge in [-0.25, -0.2) is 0 Å². The van der Waals surface area contributed by atoms with Gasteiger partial charge in [-0.05, 0) is 25.7 Å². The molecule has 0 saturated heterocycles. The molecule has 2 atom stereocenters. The number of aliphatic hydroxyl groups is 4. The van der Waals surface area contributed by atoms with Gasteiger partial charge < -0.3 is 25.2 Å². The normalized spacial score (nSPS) is 13.5. The first-order valence-electron chi connectivity index (χ1n) is 10.8. The fourth-order valence-electron chi connectivity index (χ4n) is 3.01. The second-order valence-electron chi connectivity index (χ2n) is 7.47. The van der Waals surface area contributed by atoms with Crippen molar-refractivity contribution in [2.45, 2.75) is 109 Å². The Morgan fingerprint density at radius 2 is 1.15 bits per heavy atom. The maximum Gasteiger partial charge on any atom is 0.305 e. The summed E-state index contributed by atoms with van der Waals surface area (Å²) < 4.78 is 4.84. The van der Waals surface area contributed by atoms with Crippen molar-refractivity contribution in [3.8, 4) is 0 Å². The van der Waals surface area contributed by atoms with Crippen LogP contribution in [-0.2, 0) is 9.53 Å². The van der Waals surface area contributed by atoms with Crippen LogP contribution in [0.3, 0.4) is 0 Å². The first-order chi connectivity index (χ1) is 13.1. The Balaban J connectivity index is 3.28. The van der Waals surface area contributed by atoms with Crippen LogP contribution in [0.1, 0.15) is 96.3 Å². The summed E-state index contributed by atoms with van der Waals surface area (Å²) in [5.74, 6) is -0.320.